The Morgan fingerprint density at radius 2 is 2.36 bits per heavy atom. The van der Waals surface area contributed by atoms with E-state index in [1.807, 2.05) is 6.92 Å². The summed E-state index contributed by atoms with van der Waals surface area (Å²) in [4.78, 5) is 0. The molecule has 0 bridgehead atoms. The Bertz CT molecular complexity index is 290. The maximum atomic E-state index is 10.2. The lowest BCUT2D eigenvalue weighted by Crippen LogP contribution is -2.37. The topological polar surface area (TPSA) is 50.1 Å². The van der Waals surface area contributed by atoms with Gasteiger partial charge in [-0.25, -0.2) is 0 Å². The van der Waals surface area contributed by atoms with Gasteiger partial charge in [0, 0.05) is 13.6 Å². The molecule has 80 valence electrons. The summed E-state index contributed by atoms with van der Waals surface area (Å²) in [5, 5.41) is 17.7. The zero-order chi connectivity index (χ0) is 10.8. The van der Waals surface area contributed by atoms with Crippen molar-refractivity contribution in [3.05, 3.63) is 16.9 Å². The maximum Gasteiger partial charge on any atom is 0.117 e. The van der Waals surface area contributed by atoms with Gasteiger partial charge >= 0.3 is 0 Å². The molecular weight excluding hydrogens is 202 g/mol. The van der Waals surface area contributed by atoms with Gasteiger partial charge in [-0.05, 0) is 13.5 Å². The Kier molecular flexibility index (Phi) is 3.53. The van der Waals surface area contributed by atoms with Gasteiger partial charge in [0.05, 0.1) is 16.9 Å². The highest BCUT2D eigenvalue weighted by atomic mass is 35.5. The highest BCUT2D eigenvalue weighted by molar-refractivity contribution is 6.31. The molecule has 0 radical (unpaired) electrons. The summed E-state index contributed by atoms with van der Waals surface area (Å²) in [7, 11) is 1.77. The van der Waals surface area contributed by atoms with E-state index in [1.54, 1.807) is 18.7 Å². The van der Waals surface area contributed by atoms with Crippen molar-refractivity contribution in [3.63, 3.8) is 0 Å². The largest absolute Gasteiger partial charge is 0.382 e. The van der Waals surface area contributed by atoms with Crippen molar-refractivity contribution in [1.29, 1.82) is 0 Å². The minimum atomic E-state index is -0.988. The lowest BCUT2D eigenvalue weighted by molar-refractivity contribution is 0.0492. The van der Waals surface area contributed by atoms with E-state index in [4.69, 9.17) is 11.6 Å². The normalized spacial score (nSPS) is 15.5. The van der Waals surface area contributed by atoms with Crippen LogP contribution in [0.1, 0.15) is 19.5 Å². The number of nitrogens with zero attached hydrogens (tertiary/aromatic N) is 2. The van der Waals surface area contributed by atoms with Gasteiger partial charge in [-0.2, -0.15) is 5.10 Å². The fourth-order valence-electron chi connectivity index (χ4n) is 1.47. The van der Waals surface area contributed by atoms with Crippen LogP contribution in [0.4, 0.5) is 0 Å². The molecule has 0 aliphatic heterocycles. The zero-order valence-corrected chi connectivity index (χ0v) is 9.47. The molecule has 0 saturated carbocycles. The summed E-state index contributed by atoms with van der Waals surface area (Å²) in [6, 6.07) is 0. The number of hydrogen-bond donors (Lipinski definition) is 2. The molecule has 0 aliphatic rings. The van der Waals surface area contributed by atoms with Crippen LogP contribution in [0.25, 0.3) is 0 Å². The Labute approximate surface area is 88.9 Å². The molecule has 5 heteroatoms. The Balaban J connectivity index is 2.90. The molecule has 1 heterocycles. The van der Waals surface area contributed by atoms with Crippen molar-refractivity contribution in [2.75, 3.05) is 13.1 Å². The second-order valence-corrected chi connectivity index (χ2v) is 3.93. The Hall–Kier alpha value is -0.580. The summed E-state index contributed by atoms with van der Waals surface area (Å²) in [5.41, 5.74) is -0.349. The SMILES string of the molecule is CCNCC(C)(O)c1c(Cl)cnn1C. The quantitative estimate of drug-likeness (QED) is 0.788. The molecule has 1 aromatic rings. The van der Waals surface area contributed by atoms with Crippen molar-refractivity contribution >= 4 is 11.6 Å². The van der Waals surface area contributed by atoms with Gasteiger partial charge in [0.1, 0.15) is 5.60 Å². The van der Waals surface area contributed by atoms with Gasteiger partial charge in [-0.15, -0.1) is 0 Å². The number of rotatable bonds is 4. The average molecular weight is 218 g/mol. The van der Waals surface area contributed by atoms with Gasteiger partial charge in [0.15, 0.2) is 0 Å². The van der Waals surface area contributed by atoms with Crippen LogP contribution in [0.2, 0.25) is 5.02 Å². The highest BCUT2D eigenvalue weighted by Gasteiger charge is 2.28. The van der Waals surface area contributed by atoms with Crippen LogP contribution in [-0.4, -0.2) is 28.0 Å². The molecule has 0 aromatic carbocycles. The summed E-state index contributed by atoms with van der Waals surface area (Å²) in [6.07, 6.45) is 1.54. The molecule has 0 fully saturated rings. The number of aryl methyl sites for hydroxylation is 1. The molecule has 0 amide bonds. The fraction of sp³-hybridized carbons (Fsp3) is 0.667. The third-order valence-corrected chi connectivity index (χ3v) is 2.40. The van der Waals surface area contributed by atoms with Crippen molar-refractivity contribution in [3.8, 4) is 0 Å². The first-order valence-corrected chi connectivity index (χ1v) is 4.98. The lowest BCUT2D eigenvalue weighted by atomic mass is 10.0. The number of aromatic nitrogens is 2. The van der Waals surface area contributed by atoms with E-state index < -0.39 is 5.60 Å². The maximum absolute atomic E-state index is 10.2. The third kappa shape index (κ3) is 2.26. The van der Waals surface area contributed by atoms with Crippen LogP contribution in [0.5, 0.6) is 0 Å². The molecule has 14 heavy (non-hydrogen) atoms. The number of hydrogen-bond acceptors (Lipinski definition) is 3. The summed E-state index contributed by atoms with van der Waals surface area (Å²) in [6.45, 7) is 4.98. The standard InChI is InChI=1S/C9H16ClN3O/c1-4-11-6-9(2,14)8-7(10)5-12-13(8)3/h5,11,14H,4,6H2,1-3H3. The van der Waals surface area contributed by atoms with E-state index >= 15 is 0 Å². The molecule has 1 atom stereocenters. The summed E-state index contributed by atoms with van der Waals surface area (Å²) in [5.74, 6) is 0. The summed E-state index contributed by atoms with van der Waals surface area (Å²) < 4.78 is 1.60. The van der Waals surface area contributed by atoms with E-state index in [1.165, 1.54) is 6.20 Å². The zero-order valence-electron chi connectivity index (χ0n) is 8.71. The fourth-order valence-corrected chi connectivity index (χ4v) is 1.84. The van der Waals surface area contributed by atoms with Gasteiger partial charge in [-0.3, -0.25) is 4.68 Å². The Morgan fingerprint density at radius 3 is 2.79 bits per heavy atom. The van der Waals surface area contributed by atoms with Crippen LogP contribution < -0.4 is 5.32 Å². The first-order chi connectivity index (χ1) is 6.49. The van der Waals surface area contributed by atoms with E-state index in [-0.39, 0.29) is 0 Å². The van der Waals surface area contributed by atoms with Crippen molar-refractivity contribution in [2.45, 2.75) is 19.4 Å². The number of nitrogens with one attached hydrogen (secondary N) is 1. The van der Waals surface area contributed by atoms with Crippen LogP contribution in [-0.2, 0) is 12.6 Å². The molecular formula is C9H16ClN3O. The summed E-state index contributed by atoms with van der Waals surface area (Å²) >= 11 is 5.94. The van der Waals surface area contributed by atoms with Gasteiger partial charge < -0.3 is 10.4 Å². The molecule has 1 aromatic heterocycles. The minimum Gasteiger partial charge on any atom is -0.382 e. The smallest absolute Gasteiger partial charge is 0.117 e. The van der Waals surface area contributed by atoms with E-state index in [0.717, 1.165) is 6.54 Å². The van der Waals surface area contributed by atoms with Crippen LogP contribution in [0.15, 0.2) is 6.20 Å². The van der Waals surface area contributed by atoms with Gasteiger partial charge in [0.25, 0.3) is 0 Å². The number of likely N-dealkylation sites (N-methyl/N-ethyl adjacent to an activating group) is 1. The molecule has 0 saturated heterocycles. The van der Waals surface area contributed by atoms with E-state index in [0.29, 0.717) is 17.3 Å². The highest BCUT2D eigenvalue weighted by Crippen LogP contribution is 2.26. The Morgan fingerprint density at radius 1 is 1.71 bits per heavy atom. The van der Waals surface area contributed by atoms with Crippen molar-refractivity contribution in [1.82, 2.24) is 15.1 Å². The van der Waals surface area contributed by atoms with Crippen molar-refractivity contribution < 1.29 is 5.11 Å². The van der Waals surface area contributed by atoms with Crippen LogP contribution in [0, 0.1) is 0 Å². The average Bonchev–Trinajstić information content (AvgIpc) is 2.43. The molecule has 0 aliphatic carbocycles. The lowest BCUT2D eigenvalue weighted by Gasteiger charge is -2.24. The molecule has 0 spiro atoms. The second-order valence-electron chi connectivity index (χ2n) is 3.52. The van der Waals surface area contributed by atoms with E-state index in [9.17, 15) is 5.11 Å². The number of aliphatic hydroxyl groups is 1. The van der Waals surface area contributed by atoms with Crippen LogP contribution in [0.3, 0.4) is 0 Å². The van der Waals surface area contributed by atoms with Gasteiger partial charge in [-0.1, -0.05) is 18.5 Å². The molecule has 2 N–H and O–H groups in total. The van der Waals surface area contributed by atoms with Gasteiger partial charge in [0.2, 0.25) is 0 Å². The second kappa shape index (κ2) is 4.29. The van der Waals surface area contributed by atoms with Crippen molar-refractivity contribution in [2.24, 2.45) is 7.05 Å². The predicted molar refractivity (Wildman–Crippen MR) is 56.3 cm³/mol. The molecule has 1 unspecified atom stereocenters. The monoisotopic (exact) mass is 217 g/mol. The first kappa shape index (κ1) is 11.5. The minimum absolute atomic E-state index is 0.461. The van der Waals surface area contributed by atoms with E-state index in [2.05, 4.69) is 10.4 Å². The predicted octanol–water partition coefficient (Wildman–Crippen LogP) is 0.891. The third-order valence-electron chi connectivity index (χ3n) is 2.12. The number of halogens is 1. The first-order valence-electron chi connectivity index (χ1n) is 4.60. The van der Waals surface area contributed by atoms with Crippen LogP contribution >= 0.6 is 11.6 Å². The molecule has 4 nitrogen and oxygen atoms in total. The molecule has 1 rings (SSSR count).